The van der Waals surface area contributed by atoms with Crippen LogP contribution in [0, 0.1) is 10.8 Å². The molecule has 0 unspecified atom stereocenters. The number of nitrogens with zero attached hydrogens (tertiary/aromatic N) is 1. The van der Waals surface area contributed by atoms with Gasteiger partial charge in [-0.2, -0.15) is 0 Å². The molecule has 0 bridgehead atoms. The lowest BCUT2D eigenvalue weighted by atomic mass is 9.90. The van der Waals surface area contributed by atoms with Crippen LogP contribution in [-0.2, 0) is 0 Å². The summed E-state index contributed by atoms with van der Waals surface area (Å²) >= 11 is 1.49. The van der Waals surface area contributed by atoms with Crippen molar-refractivity contribution in [2.45, 2.75) is 61.3 Å². The Balaban J connectivity index is -0.000000505. The smallest absolute Gasteiger partial charge is 0.160 e. The van der Waals surface area contributed by atoms with Crippen molar-refractivity contribution in [3.63, 3.8) is 0 Å². The van der Waals surface area contributed by atoms with Gasteiger partial charge >= 0.3 is 0 Å². The van der Waals surface area contributed by atoms with E-state index in [1.165, 1.54) is 11.8 Å². The highest BCUT2D eigenvalue weighted by Gasteiger charge is 2.18. The first-order valence-electron chi connectivity index (χ1n) is 7.53. The molecule has 0 aromatic carbocycles. The van der Waals surface area contributed by atoms with Gasteiger partial charge in [-0.3, -0.25) is 5.41 Å². The number of hydrogen-bond donors (Lipinski definition) is 1. The van der Waals surface area contributed by atoms with Crippen LogP contribution in [0.3, 0.4) is 0 Å². The highest BCUT2D eigenvalue weighted by Crippen LogP contribution is 2.22. The normalized spacial score (nSPS) is 10.0. The molecule has 0 aromatic heterocycles. The molecular formula is C17H36N2S. The standard InChI is InChI=1S/C12H24N2S.C3H6.C2H6/c1-6-8-9-15-11(13)14(5)10-12(3,4)7-2;1-3-2;1-2/h8-9,13H,6-7,10H2,1-5H3;3H,1H2,2H3;1-2H3/b9-8+,13-11?;;. The van der Waals surface area contributed by atoms with Gasteiger partial charge in [0.25, 0.3) is 0 Å². The molecule has 2 nitrogen and oxygen atoms in total. The van der Waals surface area contributed by atoms with E-state index in [4.69, 9.17) is 5.41 Å². The van der Waals surface area contributed by atoms with Crippen molar-refractivity contribution >= 4 is 16.9 Å². The highest BCUT2D eigenvalue weighted by atomic mass is 32.2. The Kier molecular flexibility index (Phi) is 19.9. The third-order valence-electron chi connectivity index (χ3n) is 2.48. The molecule has 120 valence electrons. The average Bonchev–Trinajstić information content (AvgIpc) is 2.41. The molecule has 1 N–H and O–H groups in total. The number of rotatable bonds is 5. The second-order valence-electron chi connectivity index (χ2n) is 4.99. The summed E-state index contributed by atoms with van der Waals surface area (Å²) in [4.78, 5) is 2.02. The molecule has 0 aliphatic rings. The fraction of sp³-hybridized carbons (Fsp3) is 0.706. The number of thioether (sulfide) groups is 1. The van der Waals surface area contributed by atoms with Gasteiger partial charge in [-0.1, -0.05) is 65.5 Å². The van der Waals surface area contributed by atoms with E-state index in [0.717, 1.165) is 19.4 Å². The van der Waals surface area contributed by atoms with Crippen molar-refractivity contribution in [2.75, 3.05) is 13.6 Å². The van der Waals surface area contributed by atoms with Crippen LogP contribution in [0.1, 0.15) is 61.3 Å². The second kappa shape index (κ2) is 16.4. The summed E-state index contributed by atoms with van der Waals surface area (Å²) < 4.78 is 0. The van der Waals surface area contributed by atoms with Crippen molar-refractivity contribution in [1.82, 2.24) is 4.90 Å². The Bertz CT molecular complexity index is 258. The Labute approximate surface area is 132 Å². The number of nitrogens with one attached hydrogen (secondary N) is 1. The van der Waals surface area contributed by atoms with E-state index in [1.807, 2.05) is 38.1 Å². The fourth-order valence-electron chi connectivity index (χ4n) is 1.12. The van der Waals surface area contributed by atoms with Crippen LogP contribution in [0.5, 0.6) is 0 Å². The summed E-state index contributed by atoms with van der Waals surface area (Å²) in [5.41, 5.74) is 0.288. The molecule has 3 heteroatoms. The second-order valence-corrected chi connectivity index (χ2v) is 5.88. The molecule has 0 fully saturated rings. The molecule has 0 aliphatic heterocycles. The molecule has 0 amide bonds. The van der Waals surface area contributed by atoms with Crippen LogP contribution in [0.15, 0.2) is 24.1 Å². The van der Waals surface area contributed by atoms with E-state index < -0.39 is 0 Å². The summed E-state index contributed by atoms with van der Waals surface area (Å²) in [5.74, 6) is 0. The summed E-state index contributed by atoms with van der Waals surface area (Å²) in [5, 5.41) is 10.5. The maximum absolute atomic E-state index is 7.87. The maximum atomic E-state index is 7.87. The molecule has 0 radical (unpaired) electrons. The van der Waals surface area contributed by atoms with Crippen molar-refractivity contribution in [3.8, 4) is 0 Å². The third kappa shape index (κ3) is 17.3. The van der Waals surface area contributed by atoms with Crippen molar-refractivity contribution in [2.24, 2.45) is 5.41 Å². The van der Waals surface area contributed by atoms with Gasteiger partial charge in [-0.15, -0.1) is 6.58 Å². The van der Waals surface area contributed by atoms with Crippen LogP contribution in [0.25, 0.3) is 0 Å². The summed E-state index contributed by atoms with van der Waals surface area (Å²) in [6, 6.07) is 0. The molecule has 0 heterocycles. The third-order valence-corrected chi connectivity index (χ3v) is 3.34. The van der Waals surface area contributed by atoms with Gasteiger partial charge in [0.05, 0.1) is 0 Å². The topological polar surface area (TPSA) is 27.1 Å². The summed E-state index contributed by atoms with van der Waals surface area (Å²) in [6.07, 6.45) is 6.00. The van der Waals surface area contributed by atoms with Gasteiger partial charge in [0.1, 0.15) is 0 Å². The van der Waals surface area contributed by atoms with Gasteiger partial charge in [0.15, 0.2) is 5.17 Å². The SMILES string of the molecule is C=CC.CC.CC/C=C/SC(=N)N(C)CC(C)(C)CC. The first-order chi connectivity index (χ1) is 9.34. The van der Waals surface area contributed by atoms with Gasteiger partial charge < -0.3 is 4.90 Å². The van der Waals surface area contributed by atoms with Crippen LogP contribution < -0.4 is 0 Å². The molecule has 0 aromatic rings. The first-order valence-corrected chi connectivity index (χ1v) is 8.41. The maximum Gasteiger partial charge on any atom is 0.160 e. The van der Waals surface area contributed by atoms with E-state index in [1.54, 1.807) is 6.08 Å². The molecule has 0 saturated carbocycles. The molecule has 0 rings (SSSR count). The summed E-state index contributed by atoms with van der Waals surface area (Å²) in [6.45, 7) is 19.0. The summed E-state index contributed by atoms with van der Waals surface area (Å²) in [7, 11) is 1.99. The molecule has 0 aliphatic carbocycles. The van der Waals surface area contributed by atoms with Crippen LogP contribution >= 0.6 is 11.8 Å². The lowest BCUT2D eigenvalue weighted by molar-refractivity contribution is 0.270. The van der Waals surface area contributed by atoms with E-state index in [-0.39, 0.29) is 5.41 Å². The minimum atomic E-state index is 0.288. The Morgan fingerprint density at radius 2 is 1.75 bits per heavy atom. The Morgan fingerprint density at radius 3 is 2.10 bits per heavy atom. The zero-order valence-electron chi connectivity index (χ0n) is 14.9. The van der Waals surface area contributed by atoms with Crippen molar-refractivity contribution in [1.29, 1.82) is 5.41 Å². The van der Waals surface area contributed by atoms with Gasteiger partial charge in [-0.25, -0.2) is 0 Å². The molecule has 0 atom stereocenters. The quantitative estimate of drug-likeness (QED) is 0.374. The van der Waals surface area contributed by atoms with E-state index in [2.05, 4.69) is 40.3 Å². The lowest BCUT2D eigenvalue weighted by Crippen LogP contribution is -2.33. The van der Waals surface area contributed by atoms with E-state index in [9.17, 15) is 0 Å². The Morgan fingerprint density at radius 1 is 1.30 bits per heavy atom. The number of hydrogen-bond acceptors (Lipinski definition) is 2. The van der Waals surface area contributed by atoms with E-state index in [0.29, 0.717) is 5.17 Å². The van der Waals surface area contributed by atoms with Crippen LogP contribution in [-0.4, -0.2) is 23.7 Å². The molecule has 0 saturated heterocycles. The van der Waals surface area contributed by atoms with Crippen LogP contribution in [0.4, 0.5) is 0 Å². The van der Waals surface area contributed by atoms with Crippen LogP contribution in [0.2, 0.25) is 0 Å². The predicted molar refractivity (Wildman–Crippen MR) is 98.7 cm³/mol. The zero-order valence-corrected chi connectivity index (χ0v) is 15.7. The number of amidine groups is 1. The predicted octanol–water partition coefficient (Wildman–Crippen LogP) is 6.16. The molecule has 20 heavy (non-hydrogen) atoms. The van der Waals surface area contributed by atoms with Crippen molar-refractivity contribution in [3.05, 3.63) is 24.1 Å². The minimum absolute atomic E-state index is 0.288. The van der Waals surface area contributed by atoms with Gasteiger partial charge in [0.2, 0.25) is 0 Å². The minimum Gasteiger partial charge on any atom is -0.354 e. The fourth-order valence-corrected chi connectivity index (χ4v) is 1.79. The number of allylic oxidation sites excluding steroid dienone is 2. The van der Waals surface area contributed by atoms with E-state index >= 15 is 0 Å². The van der Waals surface area contributed by atoms with Gasteiger partial charge in [-0.05, 0) is 30.6 Å². The highest BCUT2D eigenvalue weighted by molar-refractivity contribution is 8.16. The average molecular weight is 301 g/mol. The lowest BCUT2D eigenvalue weighted by Gasteiger charge is -2.30. The van der Waals surface area contributed by atoms with Crippen molar-refractivity contribution < 1.29 is 0 Å². The monoisotopic (exact) mass is 300 g/mol. The first kappa shape index (κ1) is 24.3. The molecular weight excluding hydrogens is 264 g/mol. The van der Waals surface area contributed by atoms with Gasteiger partial charge in [0, 0.05) is 13.6 Å². The zero-order chi connectivity index (χ0) is 16.6. The Hall–Kier alpha value is -0.700. The molecule has 0 spiro atoms. The largest absolute Gasteiger partial charge is 0.354 e.